The first-order chi connectivity index (χ1) is 9.19. The number of rotatable bonds is 6. The first-order valence-electron chi connectivity index (χ1n) is 6.20. The lowest BCUT2D eigenvalue weighted by Gasteiger charge is -2.20. The number of aliphatic carboxylic acids is 1. The van der Waals surface area contributed by atoms with E-state index in [1.54, 1.807) is 13.8 Å². The number of halogens is 1. The summed E-state index contributed by atoms with van der Waals surface area (Å²) in [6.07, 6.45) is 0.516. The molecule has 5 nitrogen and oxygen atoms in total. The van der Waals surface area contributed by atoms with E-state index in [0.717, 1.165) is 18.2 Å². The molecule has 0 saturated carbocycles. The van der Waals surface area contributed by atoms with Gasteiger partial charge in [0, 0.05) is 0 Å². The monoisotopic (exact) mass is 303 g/mol. The highest BCUT2D eigenvalue weighted by atomic mass is 32.2. The molecular formula is C13H18FNO4S. The standard InChI is InChI=1S/C13H18FNO4S/c1-4-8(2)12(13(16)17)15-20(18,19)11-6-5-10(14)7-9(11)3/h5-8,12,15H,4H2,1-3H3,(H,16,17)/t8?,12-/m0/s1. The van der Waals surface area contributed by atoms with Crippen molar-refractivity contribution in [3.8, 4) is 0 Å². The Hall–Kier alpha value is -1.47. The molecule has 112 valence electrons. The smallest absolute Gasteiger partial charge is 0.322 e. The average Bonchev–Trinajstić information content (AvgIpc) is 2.34. The van der Waals surface area contributed by atoms with Crippen molar-refractivity contribution in [1.82, 2.24) is 4.72 Å². The van der Waals surface area contributed by atoms with E-state index >= 15 is 0 Å². The van der Waals surface area contributed by atoms with Gasteiger partial charge >= 0.3 is 5.97 Å². The summed E-state index contributed by atoms with van der Waals surface area (Å²) >= 11 is 0. The maximum absolute atomic E-state index is 13.0. The predicted octanol–water partition coefficient (Wildman–Crippen LogP) is 1.91. The molecule has 0 radical (unpaired) electrons. The van der Waals surface area contributed by atoms with Gasteiger partial charge in [-0.2, -0.15) is 4.72 Å². The molecule has 0 bridgehead atoms. The third-order valence-electron chi connectivity index (χ3n) is 3.19. The maximum atomic E-state index is 13.0. The van der Waals surface area contributed by atoms with E-state index in [1.165, 1.54) is 6.92 Å². The van der Waals surface area contributed by atoms with E-state index < -0.39 is 27.9 Å². The SMILES string of the molecule is CCC(C)[C@H](NS(=O)(=O)c1ccc(F)cc1C)C(=O)O. The van der Waals surface area contributed by atoms with Gasteiger partial charge in [0.05, 0.1) is 4.90 Å². The second-order valence-electron chi connectivity index (χ2n) is 4.73. The van der Waals surface area contributed by atoms with Crippen LogP contribution in [0.2, 0.25) is 0 Å². The third kappa shape index (κ3) is 3.77. The third-order valence-corrected chi connectivity index (χ3v) is 4.79. The highest BCUT2D eigenvalue weighted by Crippen LogP contribution is 2.18. The van der Waals surface area contributed by atoms with Crippen LogP contribution in [0, 0.1) is 18.7 Å². The van der Waals surface area contributed by atoms with E-state index in [4.69, 9.17) is 5.11 Å². The number of aryl methyl sites for hydroxylation is 1. The Kier molecular flexibility index (Phi) is 5.24. The summed E-state index contributed by atoms with van der Waals surface area (Å²) in [4.78, 5) is 11.0. The molecule has 1 unspecified atom stereocenters. The Balaban J connectivity index is 3.13. The quantitative estimate of drug-likeness (QED) is 0.841. The fourth-order valence-corrected chi connectivity index (χ4v) is 3.32. The molecule has 0 aliphatic rings. The van der Waals surface area contributed by atoms with Crippen molar-refractivity contribution in [2.75, 3.05) is 0 Å². The lowest BCUT2D eigenvalue weighted by Crippen LogP contribution is -2.45. The Morgan fingerprint density at radius 3 is 2.50 bits per heavy atom. The fourth-order valence-electron chi connectivity index (χ4n) is 1.79. The molecule has 0 fully saturated rings. The van der Waals surface area contributed by atoms with Gasteiger partial charge in [0.1, 0.15) is 11.9 Å². The van der Waals surface area contributed by atoms with Gasteiger partial charge < -0.3 is 5.11 Å². The van der Waals surface area contributed by atoms with Crippen molar-refractivity contribution >= 4 is 16.0 Å². The number of carboxylic acid groups (broad SMARTS) is 1. The van der Waals surface area contributed by atoms with Gasteiger partial charge in [-0.15, -0.1) is 0 Å². The summed E-state index contributed by atoms with van der Waals surface area (Å²) in [6, 6.07) is 2.03. The number of hydrogen-bond donors (Lipinski definition) is 2. The number of sulfonamides is 1. The predicted molar refractivity (Wildman–Crippen MR) is 72.3 cm³/mol. The minimum absolute atomic E-state index is 0.117. The van der Waals surface area contributed by atoms with E-state index in [0.29, 0.717) is 6.42 Å². The number of hydrogen-bond acceptors (Lipinski definition) is 3. The second-order valence-corrected chi connectivity index (χ2v) is 6.41. The molecular weight excluding hydrogens is 285 g/mol. The van der Waals surface area contributed by atoms with Crippen molar-refractivity contribution < 1.29 is 22.7 Å². The molecule has 2 N–H and O–H groups in total. The molecule has 1 aromatic carbocycles. The van der Waals surface area contributed by atoms with Crippen molar-refractivity contribution in [1.29, 1.82) is 0 Å². The summed E-state index contributed by atoms with van der Waals surface area (Å²) in [6.45, 7) is 4.88. The molecule has 0 aliphatic carbocycles. The highest BCUT2D eigenvalue weighted by Gasteiger charge is 2.30. The molecule has 0 amide bonds. The molecule has 1 rings (SSSR count). The summed E-state index contributed by atoms with van der Waals surface area (Å²) in [5.74, 6) is -2.14. The van der Waals surface area contributed by atoms with Crippen LogP contribution >= 0.6 is 0 Å². The second kappa shape index (κ2) is 6.32. The van der Waals surface area contributed by atoms with Crippen LogP contribution in [0.3, 0.4) is 0 Å². The van der Waals surface area contributed by atoms with Crippen LogP contribution in [0.4, 0.5) is 4.39 Å². The molecule has 20 heavy (non-hydrogen) atoms. The van der Waals surface area contributed by atoms with Gasteiger partial charge in [0.2, 0.25) is 10.0 Å². The van der Waals surface area contributed by atoms with E-state index in [2.05, 4.69) is 4.72 Å². The molecule has 1 aromatic rings. The fraction of sp³-hybridized carbons (Fsp3) is 0.462. The van der Waals surface area contributed by atoms with Crippen molar-refractivity contribution in [3.63, 3.8) is 0 Å². The van der Waals surface area contributed by atoms with E-state index in [1.807, 2.05) is 0 Å². The molecule has 0 saturated heterocycles. The zero-order valence-electron chi connectivity index (χ0n) is 11.6. The van der Waals surface area contributed by atoms with Crippen LogP contribution in [0.25, 0.3) is 0 Å². The lowest BCUT2D eigenvalue weighted by atomic mass is 10.0. The number of carbonyl (C=O) groups is 1. The number of benzene rings is 1. The van der Waals surface area contributed by atoms with Crippen LogP contribution in [-0.4, -0.2) is 25.5 Å². The van der Waals surface area contributed by atoms with Gasteiger partial charge in [-0.05, 0) is 36.6 Å². The summed E-state index contributed by atoms with van der Waals surface area (Å²) < 4.78 is 39.6. The summed E-state index contributed by atoms with van der Waals surface area (Å²) in [5.41, 5.74) is 0.228. The zero-order chi connectivity index (χ0) is 15.5. The van der Waals surface area contributed by atoms with Crippen LogP contribution < -0.4 is 4.72 Å². The van der Waals surface area contributed by atoms with Gasteiger partial charge in [-0.1, -0.05) is 20.3 Å². The van der Waals surface area contributed by atoms with E-state index in [-0.39, 0.29) is 16.4 Å². The van der Waals surface area contributed by atoms with E-state index in [9.17, 15) is 17.6 Å². The minimum Gasteiger partial charge on any atom is -0.480 e. The molecule has 0 heterocycles. The molecule has 0 aliphatic heterocycles. The van der Waals surface area contributed by atoms with Crippen LogP contribution in [0.5, 0.6) is 0 Å². The molecule has 2 atom stereocenters. The topological polar surface area (TPSA) is 83.5 Å². The highest BCUT2D eigenvalue weighted by molar-refractivity contribution is 7.89. The zero-order valence-corrected chi connectivity index (χ0v) is 12.4. The number of carboxylic acids is 1. The van der Waals surface area contributed by atoms with Crippen LogP contribution in [0.15, 0.2) is 23.1 Å². The van der Waals surface area contributed by atoms with Gasteiger partial charge in [0.15, 0.2) is 0 Å². The number of nitrogens with one attached hydrogen (secondary N) is 1. The Bertz CT molecular complexity index is 600. The van der Waals surface area contributed by atoms with Crippen LogP contribution in [-0.2, 0) is 14.8 Å². The van der Waals surface area contributed by atoms with Gasteiger partial charge in [0.25, 0.3) is 0 Å². The summed E-state index contributed by atoms with van der Waals surface area (Å²) in [7, 11) is -4.00. The molecule has 0 spiro atoms. The van der Waals surface area contributed by atoms with Crippen LogP contribution in [0.1, 0.15) is 25.8 Å². The van der Waals surface area contributed by atoms with Gasteiger partial charge in [-0.25, -0.2) is 12.8 Å². The van der Waals surface area contributed by atoms with Crippen molar-refractivity contribution in [2.24, 2.45) is 5.92 Å². The summed E-state index contributed by atoms with van der Waals surface area (Å²) in [5, 5.41) is 9.11. The van der Waals surface area contributed by atoms with Gasteiger partial charge in [-0.3, -0.25) is 4.79 Å². The van der Waals surface area contributed by atoms with Crippen molar-refractivity contribution in [2.45, 2.75) is 38.1 Å². The Morgan fingerprint density at radius 1 is 1.45 bits per heavy atom. The molecule has 7 heteroatoms. The Labute approximate surface area is 117 Å². The first kappa shape index (κ1) is 16.6. The lowest BCUT2D eigenvalue weighted by molar-refractivity contribution is -0.140. The Morgan fingerprint density at radius 2 is 2.05 bits per heavy atom. The van der Waals surface area contributed by atoms with Crippen molar-refractivity contribution in [3.05, 3.63) is 29.6 Å². The first-order valence-corrected chi connectivity index (χ1v) is 7.68. The largest absolute Gasteiger partial charge is 0.480 e. The normalized spacial score (nSPS) is 14.8. The molecule has 0 aromatic heterocycles. The average molecular weight is 303 g/mol. The minimum atomic E-state index is -4.00. The maximum Gasteiger partial charge on any atom is 0.322 e.